The van der Waals surface area contributed by atoms with Crippen molar-refractivity contribution in [3.63, 3.8) is 0 Å². The number of sulfonamides is 1. The Morgan fingerprint density at radius 1 is 0.966 bits per heavy atom. The van der Waals surface area contributed by atoms with Crippen LogP contribution in [-0.4, -0.2) is 37.8 Å². The van der Waals surface area contributed by atoms with E-state index in [9.17, 15) is 13.2 Å². The van der Waals surface area contributed by atoms with E-state index in [0.29, 0.717) is 36.1 Å². The van der Waals surface area contributed by atoms with Gasteiger partial charge in [0.15, 0.2) is 0 Å². The van der Waals surface area contributed by atoms with E-state index in [1.54, 1.807) is 22.5 Å². The number of aryl methyl sites for hydroxylation is 1. The number of hydrogen-bond donors (Lipinski definition) is 1. The average Bonchev–Trinajstić information content (AvgIpc) is 2.71. The summed E-state index contributed by atoms with van der Waals surface area (Å²) in [5.41, 5.74) is 1.18. The summed E-state index contributed by atoms with van der Waals surface area (Å²) < 4.78 is 27.9. The minimum Gasteiger partial charge on any atom is -0.349 e. The Bertz CT molecular complexity index is 877. The summed E-state index contributed by atoms with van der Waals surface area (Å²) in [5.74, 6) is 2.84. The summed E-state index contributed by atoms with van der Waals surface area (Å²) in [6.07, 6.45) is 9.29. The molecule has 1 N–H and O–H groups in total. The van der Waals surface area contributed by atoms with Crippen molar-refractivity contribution in [2.45, 2.75) is 69.2 Å². The Kier molecular flexibility index (Phi) is 4.98. The molecule has 6 rings (SSSR count). The summed E-state index contributed by atoms with van der Waals surface area (Å²) >= 11 is 0. The van der Waals surface area contributed by atoms with Gasteiger partial charge in [-0.05, 0) is 93.2 Å². The molecule has 1 heterocycles. The molecule has 4 bridgehead atoms. The van der Waals surface area contributed by atoms with Crippen LogP contribution in [0.15, 0.2) is 23.1 Å². The Morgan fingerprint density at radius 2 is 1.59 bits per heavy atom. The third-order valence-corrected chi connectivity index (χ3v) is 9.95. The van der Waals surface area contributed by atoms with Crippen LogP contribution < -0.4 is 5.32 Å². The number of piperidine rings is 1. The van der Waals surface area contributed by atoms with Crippen LogP contribution in [0.5, 0.6) is 0 Å². The average molecular weight is 417 g/mol. The monoisotopic (exact) mass is 416 g/mol. The first-order chi connectivity index (χ1) is 13.9. The summed E-state index contributed by atoms with van der Waals surface area (Å²) in [6.45, 7) is 2.97. The van der Waals surface area contributed by atoms with Gasteiger partial charge in [0.2, 0.25) is 10.0 Å². The molecule has 1 aromatic rings. The van der Waals surface area contributed by atoms with Crippen LogP contribution in [0.2, 0.25) is 0 Å². The molecule has 0 unspecified atom stereocenters. The molecule has 0 atom stereocenters. The molecule has 4 saturated carbocycles. The fraction of sp³-hybridized carbons (Fsp3) is 0.696. The highest BCUT2D eigenvalue weighted by molar-refractivity contribution is 7.89. The number of hydrogen-bond acceptors (Lipinski definition) is 3. The quantitative estimate of drug-likeness (QED) is 0.813. The largest absolute Gasteiger partial charge is 0.349 e. The van der Waals surface area contributed by atoms with Gasteiger partial charge in [-0.15, -0.1) is 0 Å². The minimum atomic E-state index is -3.54. The van der Waals surface area contributed by atoms with E-state index >= 15 is 0 Å². The molecule has 1 amide bonds. The van der Waals surface area contributed by atoms with E-state index < -0.39 is 10.0 Å². The van der Waals surface area contributed by atoms with Crippen LogP contribution in [0, 0.1) is 30.6 Å². The molecule has 29 heavy (non-hydrogen) atoms. The summed E-state index contributed by atoms with van der Waals surface area (Å²) in [5, 5.41) is 3.31. The lowest BCUT2D eigenvalue weighted by Crippen LogP contribution is -2.55. The lowest BCUT2D eigenvalue weighted by molar-refractivity contribution is -0.0119. The second-order valence-electron chi connectivity index (χ2n) is 9.87. The maximum absolute atomic E-state index is 13.2. The molecule has 6 heteroatoms. The molecule has 5 aliphatic rings. The third-order valence-electron chi connectivity index (χ3n) is 7.91. The first kappa shape index (κ1) is 19.6. The van der Waals surface area contributed by atoms with Gasteiger partial charge in [0.05, 0.1) is 4.90 Å². The highest BCUT2D eigenvalue weighted by Crippen LogP contribution is 2.53. The molecule has 0 radical (unpaired) electrons. The topological polar surface area (TPSA) is 66.5 Å². The Morgan fingerprint density at radius 3 is 2.21 bits per heavy atom. The molecule has 5 nitrogen and oxygen atoms in total. The number of nitrogens with zero attached hydrogens (tertiary/aromatic N) is 1. The molecule has 1 aliphatic heterocycles. The van der Waals surface area contributed by atoms with Gasteiger partial charge in [-0.2, -0.15) is 4.31 Å². The Labute approximate surface area is 174 Å². The van der Waals surface area contributed by atoms with Crippen LogP contribution in [-0.2, 0) is 10.0 Å². The molecular formula is C23H32N2O3S. The van der Waals surface area contributed by atoms with Crippen molar-refractivity contribution in [2.24, 2.45) is 23.7 Å². The number of carbonyl (C=O) groups excluding carboxylic acids is 1. The van der Waals surface area contributed by atoms with Crippen molar-refractivity contribution >= 4 is 15.9 Å². The molecule has 158 valence electrons. The van der Waals surface area contributed by atoms with Crippen molar-refractivity contribution in [1.82, 2.24) is 9.62 Å². The van der Waals surface area contributed by atoms with Gasteiger partial charge in [0.25, 0.3) is 5.91 Å². The predicted octanol–water partition coefficient (Wildman–Crippen LogP) is 3.72. The standard InChI is InChI=1S/C23H32N2O3S/c1-15-5-6-18(14-21(15)29(27,28)25-7-3-2-4-8-25)23(26)24-22-19-10-16-9-17(12-19)13-20(22)11-16/h5-6,14,16-17,19-20,22H,2-4,7-13H2,1H3,(H,24,26). The van der Waals surface area contributed by atoms with E-state index in [1.165, 1.54) is 32.1 Å². The lowest BCUT2D eigenvalue weighted by atomic mass is 9.54. The van der Waals surface area contributed by atoms with E-state index in [4.69, 9.17) is 0 Å². The van der Waals surface area contributed by atoms with Crippen LogP contribution in [0.4, 0.5) is 0 Å². The number of nitrogens with one attached hydrogen (secondary N) is 1. The van der Waals surface area contributed by atoms with Crippen molar-refractivity contribution in [3.8, 4) is 0 Å². The second kappa shape index (κ2) is 7.38. The fourth-order valence-electron chi connectivity index (χ4n) is 6.66. The second-order valence-corrected chi connectivity index (χ2v) is 11.8. The maximum atomic E-state index is 13.2. The first-order valence-corrected chi connectivity index (χ1v) is 12.8. The van der Waals surface area contributed by atoms with Gasteiger partial charge in [-0.25, -0.2) is 8.42 Å². The molecule has 0 spiro atoms. The third kappa shape index (κ3) is 3.52. The lowest BCUT2D eigenvalue weighted by Gasteiger charge is -2.54. The maximum Gasteiger partial charge on any atom is 0.251 e. The summed E-state index contributed by atoms with van der Waals surface area (Å²) in [4.78, 5) is 13.4. The van der Waals surface area contributed by atoms with Gasteiger partial charge in [-0.3, -0.25) is 4.79 Å². The van der Waals surface area contributed by atoms with Gasteiger partial charge in [-0.1, -0.05) is 12.5 Å². The zero-order valence-corrected chi connectivity index (χ0v) is 18.1. The molecule has 1 aromatic carbocycles. The van der Waals surface area contributed by atoms with E-state index in [-0.39, 0.29) is 16.8 Å². The highest BCUT2D eigenvalue weighted by Gasteiger charge is 2.48. The van der Waals surface area contributed by atoms with Crippen LogP contribution in [0.25, 0.3) is 0 Å². The van der Waals surface area contributed by atoms with Crippen molar-refractivity contribution in [2.75, 3.05) is 13.1 Å². The molecular weight excluding hydrogens is 384 g/mol. The number of carbonyl (C=O) groups is 1. The normalized spacial score (nSPS) is 34.3. The van der Waals surface area contributed by atoms with E-state index in [1.807, 2.05) is 6.92 Å². The smallest absolute Gasteiger partial charge is 0.251 e. The molecule has 4 aliphatic carbocycles. The van der Waals surface area contributed by atoms with Gasteiger partial charge >= 0.3 is 0 Å². The Balaban J connectivity index is 1.36. The molecule has 1 saturated heterocycles. The molecule has 5 fully saturated rings. The zero-order chi connectivity index (χ0) is 20.2. The number of benzene rings is 1. The fourth-order valence-corrected chi connectivity index (χ4v) is 8.43. The predicted molar refractivity (Wildman–Crippen MR) is 112 cm³/mol. The van der Waals surface area contributed by atoms with Crippen LogP contribution in [0.1, 0.15) is 67.3 Å². The van der Waals surface area contributed by atoms with Crippen molar-refractivity contribution < 1.29 is 13.2 Å². The van der Waals surface area contributed by atoms with Crippen molar-refractivity contribution in [3.05, 3.63) is 29.3 Å². The zero-order valence-electron chi connectivity index (χ0n) is 17.3. The summed E-state index contributed by atoms with van der Waals surface area (Å²) in [7, 11) is -3.54. The SMILES string of the molecule is Cc1ccc(C(=O)NC2C3CC4CC(C3)CC2C4)cc1S(=O)(=O)N1CCCCC1. The van der Waals surface area contributed by atoms with E-state index in [2.05, 4.69) is 5.32 Å². The highest BCUT2D eigenvalue weighted by atomic mass is 32.2. The van der Waals surface area contributed by atoms with Crippen LogP contribution >= 0.6 is 0 Å². The van der Waals surface area contributed by atoms with Gasteiger partial charge in [0, 0.05) is 24.7 Å². The number of rotatable bonds is 4. The Hall–Kier alpha value is -1.40. The minimum absolute atomic E-state index is 0.113. The van der Waals surface area contributed by atoms with Crippen LogP contribution in [0.3, 0.4) is 0 Å². The van der Waals surface area contributed by atoms with Gasteiger partial charge in [0.1, 0.15) is 0 Å². The van der Waals surface area contributed by atoms with Gasteiger partial charge < -0.3 is 5.32 Å². The molecule has 0 aromatic heterocycles. The first-order valence-electron chi connectivity index (χ1n) is 11.3. The summed E-state index contributed by atoms with van der Waals surface area (Å²) in [6, 6.07) is 5.42. The van der Waals surface area contributed by atoms with Crippen molar-refractivity contribution in [1.29, 1.82) is 0 Å². The van der Waals surface area contributed by atoms with E-state index in [0.717, 1.165) is 31.1 Å². The number of amides is 1.